The maximum Gasteiger partial charge on any atom is 0.172 e. The molecule has 2 N–H and O–H groups in total. The number of halogens is 1. The Morgan fingerprint density at radius 2 is 2.21 bits per heavy atom. The van der Waals surface area contributed by atoms with Crippen molar-refractivity contribution >= 4 is 21.7 Å². The van der Waals surface area contributed by atoms with Crippen LogP contribution in [0, 0.1) is 12.8 Å². The van der Waals surface area contributed by atoms with Gasteiger partial charge in [0.05, 0.1) is 16.6 Å². The van der Waals surface area contributed by atoms with Gasteiger partial charge in [0.2, 0.25) is 0 Å². The highest BCUT2D eigenvalue weighted by Gasteiger charge is 2.24. The van der Waals surface area contributed by atoms with Gasteiger partial charge in [-0.3, -0.25) is 0 Å². The number of nitrogens with zero attached hydrogens (tertiary/aromatic N) is 1. The molecule has 0 unspecified atom stereocenters. The van der Waals surface area contributed by atoms with E-state index < -0.39 is 0 Å². The van der Waals surface area contributed by atoms with E-state index in [1.807, 2.05) is 19.1 Å². The number of nitrogens with two attached hydrogens (primary N) is 1. The third-order valence-corrected chi connectivity index (χ3v) is 3.73. The third kappa shape index (κ3) is 2.76. The summed E-state index contributed by atoms with van der Waals surface area (Å²) in [6, 6.07) is 5.77. The van der Waals surface area contributed by atoms with E-state index in [-0.39, 0.29) is 0 Å². The zero-order valence-electron chi connectivity index (χ0n) is 10.6. The van der Waals surface area contributed by atoms with Gasteiger partial charge in [0.15, 0.2) is 11.6 Å². The van der Waals surface area contributed by atoms with Gasteiger partial charge in [0.25, 0.3) is 0 Å². The summed E-state index contributed by atoms with van der Waals surface area (Å²) in [6.07, 6.45) is 2.52. The van der Waals surface area contributed by atoms with Crippen LogP contribution in [-0.2, 0) is 0 Å². The molecule has 100 valence electrons. The summed E-state index contributed by atoms with van der Waals surface area (Å²) in [5, 5.41) is 3.73. The van der Waals surface area contributed by atoms with Gasteiger partial charge in [-0.15, -0.1) is 0 Å². The molecule has 19 heavy (non-hydrogen) atoms. The molecule has 0 bridgehead atoms. The number of rotatable bonds is 4. The van der Waals surface area contributed by atoms with Gasteiger partial charge in [0.1, 0.15) is 5.75 Å². The van der Waals surface area contributed by atoms with Crippen LogP contribution < -0.4 is 10.5 Å². The fourth-order valence-electron chi connectivity index (χ4n) is 1.96. The van der Waals surface area contributed by atoms with Crippen LogP contribution in [0.1, 0.15) is 18.4 Å². The van der Waals surface area contributed by atoms with Gasteiger partial charge >= 0.3 is 0 Å². The van der Waals surface area contributed by atoms with E-state index in [0.29, 0.717) is 17.5 Å². The summed E-state index contributed by atoms with van der Waals surface area (Å²) in [6.45, 7) is 2.77. The van der Waals surface area contributed by atoms with Crippen molar-refractivity contribution in [2.45, 2.75) is 19.8 Å². The zero-order valence-corrected chi connectivity index (χ0v) is 12.2. The average Bonchev–Trinajstić information content (AvgIpc) is 3.08. The lowest BCUT2D eigenvalue weighted by molar-refractivity contribution is 0.298. The smallest absolute Gasteiger partial charge is 0.172 e. The largest absolute Gasteiger partial charge is 0.491 e. The van der Waals surface area contributed by atoms with E-state index in [1.165, 1.54) is 12.8 Å². The van der Waals surface area contributed by atoms with Crippen molar-refractivity contribution in [2.75, 3.05) is 12.3 Å². The number of benzene rings is 1. The molecule has 1 aliphatic rings. The molecule has 0 atom stereocenters. The number of aryl methyl sites for hydroxylation is 1. The monoisotopic (exact) mass is 322 g/mol. The molecule has 1 aromatic carbocycles. The second-order valence-electron chi connectivity index (χ2n) is 4.99. The summed E-state index contributed by atoms with van der Waals surface area (Å²) in [4.78, 5) is 0. The number of aromatic nitrogens is 1. The first-order valence-electron chi connectivity index (χ1n) is 6.29. The van der Waals surface area contributed by atoms with Crippen molar-refractivity contribution in [1.29, 1.82) is 0 Å². The molecule has 0 aliphatic heterocycles. The highest BCUT2D eigenvalue weighted by molar-refractivity contribution is 9.10. The summed E-state index contributed by atoms with van der Waals surface area (Å²) in [7, 11) is 0. The summed E-state index contributed by atoms with van der Waals surface area (Å²) < 4.78 is 12.1. The lowest BCUT2D eigenvalue weighted by Gasteiger charge is -2.12. The maximum absolute atomic E-state index is 5.94. The van der Waals surface area contributed by atoms with Gasteiger partial charge in [-0.1, -0.05) is 5.16 Å². The van der Waals surface area contributed by atoms with Gasteiger partial charge in [0, 0.05) is 6.07 Å². The van der Waals surface area contributed by atoms with Crippen molar-refractivity contribution in [2.24, 2.45) is 5.92 Å². The minimum atomic E-state index is 0.376. The molecular formula is C14H15BrN2O2. The summed E-state index contributed by atoms with van der Waals surface area (Å²) in [5.41, 5.74) is 7.62. The SMILES string of the molecule is Cc1cc(Br)c(OCC2CC2)c(-c2cc(N)no2)c1. The summed E-state index contributed by atoms with van der Waals surface area (Å²) >= 11 is 3.55. The Hall–Kier alpha value is -1.49. The van der Waals surface area contributed by atoms with Crippen LogP contribution >= 0.6 is 15.9 Å². The lowest BCUT2D eigenvalue weighted by atomic mass is 10.1. The lowest BCUT2D eigenvalue weighted by Crippen LogP contribution is -2.01. The molecule has 0 radical (unpaired) electrons. The van der Waals surface area contributed by atoms with Crippen LogP contribution in [0.25, 0.3) is 11.3 Å². The molecule has 1 fully saturated rings. The van der Waals surface area contributed by atoms with E-state index in [1.54, 1.807) is 6.07 Å². The quantitative estimate of drug-likeness (QED) is 0.930. The molecule has 4 nitrogen and oxygen atoms in total. The molecule has 1 aromatic heterocycles. The fraction of sp³-hybridized carbons (Fsp3) is 0.357. The first kappa shape index (κ1) is 12.5. The fourth-order valence-corrected chi connectivity index (χ4v) is 2.65. The Kier molecular flexibility index (Phi) is 3.22. The predicted molar refractivity (Wildman–Crippen MR) is 77.0 cm³/mol. The molecule has 1 saturated carbocycles. The number of ether oxygens (including phenoxy) is 1. The van der Waals surface area contributed by atoms with E-state index in [0.717, 1.165) is 28.0 Å². The van der Waals surface area contributed by atoms with Gasteiger partial charge in [-0.25, -0.2) is 0 Å². The summed E-state index contributed by atoms with van der Waals surface area (Å²) in [5.74, 6) is 2.50. The average molecular weight is 323 g/mol. The molecule has 0 amide bonds. The Bertz CT molecular complexity index is 605. The van der Waals surface area contributed by atoms with Crippen LogP contribution in [0.15, 0.2) is 27.2 Å². The van der Waals surface area contributed by atoms with Crippen LogP contribution in [-0.4, -0.2) is 11.8 Å². The van der Waals surface area contributed by atoms with Crippen LogP contribution in [0.4, 0.5) is 5.82 Å². The van der Waals surface area contributed by atoms with Crippen molar-refractivity contribution in [3.05, 3.63) is 28.2 Å². The molecule has 0 spiro atoms. The minimum Gasteiger partial charge on any atom is -0.491 e. The third-order valence-electron chi connectivity index (χ3n) is 3.14. The Morgan fingerprint density at radius 3 is 2.84 bits per heavy atom. The molecule has 0 saturated heterocycles. The Balaban J connectivity index is 1.99. The molecular weight excluding hydrogens is 308 g/mol. The molecule has 5 heteroatoms. The van der Waals surface area contributed by atoms with Crippen molar-refractivity contribution in [3.8, 4) is 17.1 Å². The molecule has 3 rings (SSSR count). The van der Waals surface area contributed by atoms with Crippen molar-refractivity contribution < 1.29 is 9.26 Å². The first-order valence-corrected chi connectivity index (χ1v) is 7.08. The van der Waals surface area contributed by atoms with E-state index in [2.05, 4.69) is 21.1 Å². The highest BCUT2D eigenvalue weighted by atomic mass is 79.9. The Morgan fingerprint density at radius 1 is 1.42 bits per heavy atom. The van der Waals surface area contributed by atoms with Crippen LogP contribution in [0.5, 0.6) is 5.75 Å². The number of anilines is 1. The Labute approximate surface area is 120 Å². The second-order valence-corrected chi connectivity index (χ2v) is 5.85. The first-order chi connectivity index (χ1) is 9.13. The number of hydrogen-bond acceptors (Lipinski definition) is 4. The highest BCUT2D eigenvalue weighted by Crippen LogP contribution is 2.39. The zero-order chi connectivity index (χ0) is 13.4. The number of nitrogen functional groups attached to an aromatic ring is 1. The predicted octanol–water partition coefficient (Wildman–Crippen LogP) is 3.78. The minimum absolute atomic E-state index is 0.376. The van der Waals surface area contributed by atoms with Crippen molar-refractivity contribution in [3.63, 3.8) is 0 Å². The van der Waals surface area contributed by atoms with E-state index in [4.69, 9.17) is 15.0 Å². The topological polar surface area (TPSA) is 61.3 Å². The maximum atomic E-state index is 5.94. The van der Waals surface area contributed by atoms with Gasteiger partial charge in [-0.05, 0) is 59.3 Å². The number of hydrogen-bond donors (Lipinski definition) is 1. The van der Waals surface area contributed by atoms with Crippen LogP contribution in [0.2, 0.25) is 0 Å². The van der Waals surface area contributed by atoms with E-state index in [9.17, 15) is 0 Å². The second kappa shape index (κ2) is 4.89. The van der Waals surface area contributed by atoms with Crippen molar-refractivity contribution in [1.82, 2.24) is 5.16 Å². The van der Waals surface area contributed by atoms with Gasteiger partial charge in [-0.2, -0.15) is 0 Å². The normalized spacial score (nSPS) is 14.6. The molecule has 1 aliphatic carbocycles. The molecule has 2 aromatic rings. The standard InChI is InChI=1S/C14H15BrN2O2/c1-8-4-10(12-6-13(16)17-19-12)14(11(15)5-8)18-7-9-2-3-9/h4-6,9H,2-3,7H2,1H3,(H2,16,17). The van der Waals surface area contributed by atoms with E-state index >= 15 is 0 Å². The van der Waals surface area contributed by atoms with Crippen LogP contribution in [0.3, 0.4) is 0 Å². The van der Waals surface area contributed by atoms with Gasteiger partial charge < -0.3 is 15.0 Å². The molecule has 1 heterocycles.